The molecule has 3 rings (SSSR count). The van der Waals surface area contributed by atoms with E-state index in [2.05, 4.69) is 22.4 Å². The van der Waals surface area contributed by atoms with Crippen LogP contribution >= 0.6 is 23.2 Å². The van der Waals surface area contributed by atoms with Gasteiger partial charge in [0, 0.05) is 34.1 Å². The number of nitrogens with zero attached hydrogens (tertiary/aromatic N) is 1. The van der Waals surface area contributed by atoms with E-state index in [1.807, 2.05) is 13.0 Å². The molecule has 7 nitrogen and oxygen atoms in total. The van der Waals surface area contributed by atoms with Crippen LogP contribution in [-0.4, -0.2) is 31.2 Å². The van der Waals surface area contributed by atoms with Gasteiger partial charge in [0.15, 0.2) is 11.5 Å². The van der Waals surface area contributed by atoms with E-state index >= 15 is 0 Å². The molecule has 0 radical (unpaired) electrons. The van der Waals surface area contributed by atoms with Gasteiger partial charge in [0.05, 0.1) is 18.4 Å². The van der Waals surface area contributed by atoms with Gasteiger partial charge in [0.2, 0.25) is 5.91 Å². The maximum Gasteiger partial charge on any atom is 0.254 e. The lowest BCUT2D eigenvalue weighted by Gasteiger charge is -2.17. The summed E-state index contributed by atoms with van der Waals surface area (Å²) in [6, 6.07) is 14.4. The van der Waals surface area contributed by atoms with Crippen molar-refractivity contribution < 1.29 is 23.5 Å². The summed E-state index contributed by atoms with van der Waals surface area (Å²) >= 11 is 12.3. The van der Waals surface area contributed by atoms with Crippen LogP contribution in [0, 0.1) is 5.82 Å². The lowest BCUT2D eigenvalue weighted by Crippen LogP contribution is -2.29. The number of rotatable bonds is 13. The Morgan fingerprint density at radius 1 is 1.08 bits per heavy atom. The van der Waals surface area contributed by atoms with Gasteiger partial charge in [-0.05, 0) is 55.3 Å². The quantitative estimate of drug-likeness (QED) is 0.147. The fourth-order valence-corrected chi connectivity index (χ4v) is 4.01. The van der Waals surface area contributed by atoms with E-state index in [4.69, 9.17) is 32.7 Å². The molecule has 39 heavy (non-hydrogen) atoms. The number of hydrogen-bond acceptors (Lipinski definition) is 5. The molecular formula is C29H28Cl2FN3O4. The molecule has 10 heteroatoms. The van der Waals surface area contributed by atoms with E-state index in [-0.39, 0.29) is 25.1 Å². The van der Waals surface area contributed by atoms with Gasteiger partial charge in [-0.25, -0.2) is 9.82 Å². The molecule has 2 amide bonds. The lowest BCUT2D eigenvalue weighted by atomic mass is 10.1. The Morgan fingerprint density at radius 3 is 2.59 bits per heavy atom. The van der Waals surface area contributed by atoms with E-state index in [1.165, 1.54) is 24.4 Å². The highest BCUT2D eigenvalue weighted by atomic mass is 35.5. The van der Waals surface area contributed by atoms with Crippen LogP contribution in [0.15, 0.2) is 72.4 Å². The van der Waals surface area contributed by atoms with Crippen LogP contribution in [0.25, 0.3) is 0 Å². The lowest BCUT2D eigenvalue weighted by molar-refractivity contribution is -0.120. The van der Waals surface area contributed by atoms with Gasteiger partial charge >= 0.3 is 0 Å². The first-order valence-electron chi connectivity index (χ1n) is 12.1. The fraction of sp³-hybridized carbons (Fsp3) is 0.207. The van der Waals surface area contributed by atoms with Crippen molar-refractivity contribution in [3.63, 3.8) is 0 Å². The molecule has 3 aromatic rings. The highest BCUT2D eigenvalue weighted by molar-refractivity contribution is 6.35. The van der Waals surface area contributed by atoms with Gasteiger partial charge in [-0.3, -0.25) is 9.59 Å². The second kappa shape index (κ2) is 14.9. The van der Waals surface area contributed by atoms with Crippen LogP contribution in [-0.2, 0) is 17.8 Å². The van der Waals surface area contributed by atoms with Gasteiger partial charge in [0.25, 0.3) is 5.91 Å². The van der Waals surface area contributed by atoms with E-state index in [0.29, 0.717) is 40.1 Å². The largest absolute Gasteiger partial charge is 0.490 e. The number of nitrogens with one attached hydrogen (secondary N) is 2. The first kappa shape index (κ1) is 29.7. The number of halogens is 3. The standard InChI is InChI=1S/C29H28Cl2FN3O4/c1-3-7-20-14-19(15-26(38-4-2)28(20)39-18-21-10-11-22(30)16-24(21)31)17-34-35-27(36)12-13-33-29(37)23-8-5-6-9-25(23)32/h3,5-6,8-11,14-17H,1,4,7,12-13,18H2,2H3,(H,33,37)(H,35,36). The molecule has 0 saturated carbocycles. The van der Waals surface area contributed by atoms with Crippen molar-refractivity contribution in [2.45, 2.75) is 26.4 Å². The summed E-state index contributed by atoms with van der Waals surface area (Å²) in [5.41, 5.74) is 4.58. The van der Waals surface area contributed by atoms with Crippen molar-refractivity contribution in [1.82, 2.24) is 10.7 Å². The predicted molar refractivity (Wildman–Crippen MR) is 151 cm³/mol. The molecule has 0 atom stereocenters. The van der Waals surface area contributed by atoms with Crippen LogP contribution in [0.3, 0.4) is 0 Å². The van der Waals surface area contributed by atoms with Crippen molar-refractivity contribution >= 4 is 41.2 Å². The summed E-state index contributed by atoms with van der Waals surface area (Å²) in [6.07, 6.45) is 3.68. The Bertz CT molecular complexity index is 1360. The molecule has 0 unspecified atom stereocenters. The third-order valence-corrected chi connectivity index (χ3v) is 5.95. The minimum atomic E-state index is -0.628. The zero-order valence-electron chi connectivity index (χ0n) is 21.3. The Morgan fingerprint density at radius 2 is 1.87 bits per heavy atom. The van der Waals surface area contributed by atoms with Gasteiger partial charge in [0.1, 0.15) is 12.4 Å². The summed E-state index contributed by atoms with van der Waals surface area (Å²) in [5.74, 6) is -0.587. The first-order chi connectivity index (χ1) is 18.8. The summed E-state index contributed by atoms with van der Waals surface area (Å²) < 4.78 is 25.6. The number of amides is 2. The molecule has 0 spiro atoms. The van der Waals surface area contributed by atoms with Crippen molar-refractivity contribution in [2.75, 3.05) is 13.2 Å². The van der Waals surface area contributed by atoms with Crippen LogP contribution in [0.1, 0.15) is 40.4 Å². The molecular weight excluding hydrogens is 544 g/mol. The number of allylic oxidation sites excluding steroid dienone is 1. The average Bonchev–Trinajstić information content (AvgIpc) is 2.90. The van der Waals surface area contributed by atoms with E-state index in [9.17, 15) is 14.0 Å². The van der Waals surface area contributed by atoms with Crippen LogP contribution in [0.5, 0.6) is 11.5 Å². The van der Waals surface area contributed by atoms with Crippen molar-refractivity contribution in [1.29, 1.82) is 0 Å². The number of carbonyl (C=O) groups excluding carboxylic acids is 2. The van der Waals surface area contributed by atoms with Crippen molar-refractivity contribution in [3.8, 4) is 11.5 Å². The fourth-order valence-electron chi connectivity index (χ4n) is 3.55. The van der Waals surface area contributed by atoms with Gasteiger partial charge in [-0.2, -0.15) is 5.10 Å². The van der Waals surface area contributed by atoms with Gasteiger partial charge in [-0.1, -0.05) is 47.5 Å². The molecule has 0 fully saturated rings. The van der Waals surface area contributed by atoms with E-state index in [1.54, 1.807) is 36.4 Å². The second-order valence-corrected chi connectivity index (χ2v) is 9.08. The van der Waals surface area contributed by atoms with Crippen molar-refractivity contribution in [2.24, 2.45) is 5.10 Å². The predicted octanol–water partition coefficient (Wildman–Crippen LogP) is 6.11. The summed E-state index contributed by atoms with van der Waals surface area (Å²) in [6.45, 7) is 6.32. The maximum absolute atomic E-state index is 13.7. The Kier molecular flexibility index (Phi) is 11.3. The van der Waals surface area contributed by atoms with Crippen molar-refractivity contribution in [3.05, 3.63) is 105 Å². The minimum absolute atomic E-state index is 0.0240. The third kappa shape index (κ3) is 8.84. The Balaban J connectivity index is 1.63. The Labute approximate surface area is 236 Å². The number of hydrogen-bond donors (Lipinski definition) is 2. The molecule has 204 valence electrons. The summed E-state index contributed by atoms with van der Waals surface area (Å²) in [5, 5.41) is 7.55. The number of hydrazone groups is 1. The SMILES string of the molecule is C=CCc1cc(C=NNC(=O)CCNC(=O)c2ccccc2F)cc(OCC)c1OCc1ccc(Cl)cc1Cl. The highest BCUT2D eigenvalue weighted by Crippen LogP contribution is 2.35. The van der Waals surface area contributed by atoms with Crippen LogP contribution in [0.4, 0.5) is 4.39 Å². The zero-order chi connectivity index (χ0) is 28.2. The van der Waals surface area contributed by atoms with Crippen LogP contribution < -0.4 is 20.2 Å². The second-order valence-electron chi connectivity index (χ2n) is 8.24. The van der Waals surface area contributed by atoms with E-state index in [0.717, 1.165) is 11.1 Å². The topological polar surface area (TPSA) is 89.0 Å². The maximum atomic E-state index is 13.7. The molecule has 0 aliphatic rings. The van der Waals surface area contributed by atoms with E-state index < -0.39 is 17.6 Å². The zero-order valence-corrected chi connectivity index (χ0v) is 22.8. The first-order valence-corrected chi connectivity index (χ1v) is 12.9. The van der Waals surface area contributed by atoms with Crippen LogP contribution in [0.2, 0.25) is 10.0 Å². The number of benzene rings is 3. The third-order valence-electron chi connectivity index (χ3n) is 5.36. The molecule has 0 aromatic heterocycles. The smallest absolute Gasteiger partial charge is 0.254 e. The molecule has 0 bridgehead atoms. The molecule has 0 saturated heterocycles. The average molecular weight is 572 g/mol. The molecule has 0 aliphatic heterocycles. The van der Waals surface area contributed by atoms with Gasteiger partial charge < -0.3 is 14.8 Å². The highest BCUT2D eigenvalue weighted by Gasteiger charge is 2.15. The summed E-state index contributed by atoms with van der Waals surface area (Å²) in [7, 11) is 0. The van der Waals surface area contributed by atoms with Gasteiger partial charge in [-0.15, -0.1) is 6.58 Å². The normalized spacial score (nSPS) is 10.8. The molecule has 0 heterocycles. The number of ether oxygens (including phenoxy) is 2. The summed E-state index contributed by atoms with van der Waals surface area (Å²) in [4.78, 5) is 24.2. The molecule has 0 aliphatic carbocycles. The minimum Gasteiger partial charge on any atom is -0.490 e. The molecule has 2 N–H and O–H groups in total. The number of carbonyl (C=O) groups is 2. The monoisotopic (exact) mass is 571 g/mol. The molecule has 3 aromatic carbocycles. The Hall–Kier alpha value is -3.88.